The van der Waals surface area contributed by atoms with E-state index >= 15 is 0 Å². The molecule has 15 heavy (non-hydrogen) atoms. The first-order chi connectivity index (χ1) is 7.24. The van der Waals surface area contributed by atoms with Gasteiger partial charge in [-0.15, -0.1) is 0 Å². The zero-order valence-corrected chi connectivity index (χ0v) is 10.5. The van der Waals surface area contributed by atoms with E-state index in [9.17, 15) is 0 Å². The van der Waals surface area contributed by atoms with Crippen molar-refractivity contribution in [3.8, 4) is 0 Å². The molecule has 0 heterocycles. The van der Waals surface area contributed by atoms with E-state index in [2.05, 4.69) is 19.2 Å². The molecule has 2 rings (SSSR count). The van der Waals surface area contributed by atoms with Gasteiger partial charge in [0.25, 0.3) is 0 Å². The van der Waals surface area contributed by atoms with Crippen molar-refractivity contribution in [2.75, 3.05) is 6.54 Å². The van der Waals surface area contributed by atoms with E-state index in [1.54, 1.807) is 0 Å². The molecule has 2 atom stereocenters. The average Bonchev–Trinajstić information content (AvgIpc) is 2.64. The SMILES string of the molecule is CC1CCC(NCC2CCC(C)C2)CC1. The molecule has 0 aromatic carbocycles. The van der Waals surface area contributed by atoms with Crippen LogP contribution in [-0.4, -0.2) is 12.6 Å². The minimum atomic E-state index is 0.845. The summed E-state index contributed by atoms with van der Waals surface area (Å²) in [7, 11) is 0. The van der Waals surface area contributed by atoms with Gasteiger partial charge in [-0.2, -0.15) is 0 Å². The molecule has 2 aliphatic carbocycles. The lowest BCUT2D eigenvalue weighted by atomic mass is 9.87. The highest BCUT2D eigenvalue weighted by atomic mass is 14.9. The van der Waals surface area contributed by atoms with E-state index in [1.165, 1.54) is 51.5 Å². The third-order valence-electron chi connectivity index (χ3n) is 4.51. The van der Waals surface area contributed by atoms with Crippen molar-refractivity contribution in [1.29, 1.82) is 0 Å². The first-order valence-corrected chi connectivity index (χ1v) is 6.97. The molecule has 0 saturated heterocycles. The summed E-state index contributed by atoms with van der Waals surface area (Å²) in [5, 5.41) is 3.80. The molecule has 0 spiro atoms. The number of rotatable bonds is 3. The molecule has 2 saturated carbocycles. The summed E-state index contributed by atoms with van der Waals surface area (Å²) >= 11 is 0. The van der Waals surface area contributed by atoms with Gasteiger partial charge >= 0.3 is 0 Å². The van der Waals surface area contributed by atoms with Crippen LogP contribution in [0.25, 0.3) is 0 Å². The highest BCUT2D eigenvalue weighted by Gasteiger charge is 2.23. The Labute approximate surface area is 95.0 Å². The van der Waals surface area contributed by atoms with Crippen molar-refractivity contribution in [1.82, 2.24) is 5.32 Å². The minimum absolute atomic E-state index is 0.845. The predicted octanol–water partition coefficient (Wildman–Crippen LogP) is 3.59. The van der Waals surface area contributed by atoms with Crippen LogP contribution in [0.2, 0.25) is 0 Å². The number of hydrogen-bond donors (Lipinski definition) is 1. The standard InChI is InChI=1S/C14H27N/c1-11-4-7-14(8-5-11)15-10-13-6-3-12(2)9-13/h11-15H,3-10H2,1-2H3. The summed E-state index contributed by atoms with van der Waals surface area (Å²) in [6.45, 7) is 6.10. The molecule has 0 amide bonds. The highest BCUT2D eigenvalue weighted by molar-refractivity contribution is 4.79. The largest absolute Gasteiger partial charge is 0.314 e. The van der Waals surface area contributed by atoms with Gasteiger partial charge in [0.15, 0.2) is 0 Å². The Balaban J connectivity index is 1.61. The van der Waals surface area contributed by atoms with Gasteiger partial charge in [0.1, 0.15) is 0 Å². The Bertz CT molecular complexity index is 182. The molecule has 0 radical (unpaired) electrons. The van der Waals surface area contributed by atoms with Crippen molar-refractivity contribution in [2.45, 2.75) is 64.8 Å². The van der Waals surface area contributed by atoms with Crippen LogP contribution in [0.4, 0.5) is 0 Å². The van der Waals surface area contributed by atoms with E-state index in [0.29, 0.717) is 0 Å². The fraction of sp³-hybridized carbons (Fsp3) is 1.00. The maximum absolute atomic E-state index is 3.80. The third kappa shape index (κ3) is 3.48. The lowest BCUT2D eigenvalue weighted by Gasteiger charge is -2.28. The fourth-order valence-electron chi connectivity index (χ4n) is 3.31. The summed E-state index contributed by atoms with van der Waals surface area (Å²) in [4.78, 5) is 0. The van der Waals surface area contributed by atoms with Crippen LogP contribution in [0.15, 0.2) is 0 Å². The topological polar surface area (TPSA) is 12.0 Å². The molecule has 0 aromatic rings. The lowest BCUT2D eigenvalue weighted by molar-refractivity contribution is 0.294. The van der Waals surface area contributed by atoms with Gasteiger partial charge in [-0.1, -0.05) is 20.3 Å². The van der Waals surface area contributed by atoms with Crippen LogP contribution in [0.1, 0.15) is 58.8 Å². The molecule has 0 bridgehead atoms. The Morgan fingerprint density at radius 3 is 2.13 bits per heavy atom. The Hall–Kier alpha value is -0.0400. The fourth-order valence-corrected chi connectivity index (χ4v) is 3.31. The second-order valence-corrected chi connectivity index (χ2v) is 6.15. The smallest absolute Gasteiger partial charge is 0.00673 e. The summed E-state index contributed by atoms with van der Waals surface area (Å²) in [6, 6.07) is 0.845. The van der Waals surface area contributed by atoms with E-state index < -0.39 is 0 Å². The molecule has 0 aromatic heterocycles. The van der Waals surface area contributed by atoms with Crippen molar-refractivity contribution < 1.29 is 0 Å². The zero-order chi connectivity index (χ0) is 10.7. The van der Waals surface area contributed by atoms with Crippen LogP contribution in [-0.2, 0) is 0 Å². The quantitative estimate of drug-likeness (QED) is 0.749. The molecule has 2 fully saturated rings. The van der Waals surface area contributed by atoms with Crippen LogP contribution >= 0.6 is 0 Å². The van der Waals surface area contributed by atoms with Crippen molar-refractivity contribution >= 4 is 0 Å². The maximum Gasteiger partial charge on any atom is 0.00673 e. The molecule has 2 aliphatic rings. The van der Waals surface area contributed by atoms with E-state index in [-0.39, 0.29) is 0 Å². The highest BCUT2D eigenvalue weighted by Crippen LogP contribution is 2.30. The summed E-state index contributed by atoms with van der Waals surface area (Å²) in [5.74, 6) is 2.96. The van der Waals surface area contributed by atoms with Crippen molar-refractivity contribution in [3.05, 3.63) is 0 Å². The first-order valence-electron chi connectivity index (χ1n) is 6.97. The maximum atomic E-state index is 3.80. The number of nitrogens with one attached hydrogen (secondary N) is 1. The summed E-state index contributed by atoms with van der Waals surface area (Å²) in [5.41, 5.74) is 0. The van der Waals surface area contributed by atoms with Gasteiger partial charge in [-0.05, 0) is 62.8 Å². The zero-order valence-electron chi connectivity index (χ0n) is 10.5. The Kier molecular flexibility index (Phi) is 4.07. The molecular weight excluding hydrogens is 182 g/mol. The monoisotopic (exact) mass is 209 g/mol. The van der Waals surface area contributed by atoms with Crippen molar-refractivity contribution in [2.24, 2.45) is 17.8 Å². The second-order valence-electron chi connectivity index (χ2n) is 6.15. The Morgan fingerprint density at radius 2 is 1.53 bits per heavy atom. The summed E-state index contributed by atoms with van der Waals surface area (Å²) in [6.07, 6.45) is 10.1. The third-order valence-corrected chi connectivity index (χ3v) is 4.51. The van der Waals surface area contributed by atoms with Gasteiger partial charge in [0.05, 0.1) is 0 Å². The van der Waals surface area contributed by atoms with Gasteiger partial charge < -0.3 is 5.32 Å². The van der Waals surface area contributed by atoms with Gasteiger partial charge in [0.2, 0.25) is 0 Å². The second kappa shape index (κ2) is 5.34. The van der Waals surface area contributed by atoms with Gasteiger partial charge in [-0.25, -0.2) is 0 Å². The van der Waals surface area contributed by atoms with E-state index in [1.807, 2.05) is 0 Å². The Morgan fingerprint density at radius 1 is 0.867 bits per heavy atom. The van der Waals surface area contributed by atoms with Crippen LogP contribution in [0, 0.1) is 17.8 Å². The molecule has 1 heteroatoms. The van der Waals surface area contributed by atoms with E-state index in [0.717, 1.165) is 23.8 Å². The molecule has 88 valence electrons. The van der Waals surface area contributed by atoms with Gasteiger partial charge in [-0.3, -0.25) is 0 Å². The molecule has 1 nitrogen and oxygen atoms in total. The van der Waals surface area contributed by atoms with Crippen LogP contribution in [0.3, 0.4) is 0 Å². The van der Waals surface area contributed by atoms with Crippen molar-refractivity contribution in [3.63, 3.8) is 0 Å². The molecule has 0 aliphatic heterocycles. The van der Waals surface area contributed by atoms with Crippen LogP contribution in [0.5, 0.6) is 0 Å². The first kappa shape index (κ1) is 11.4. The van der Waals surface area contributed by atoms with Gasteiger partial charge in [0, 0.05) is 6.04 Å². The van der Waals surface area contributed by atoms with E-state index in [4.69, 9.17) is 0 Å². The summed E-state index contributed by atoms with van der Waals surface area (Å²) < 4.78 is 0. The predicted molar refractivity (Wildman–Crippen MR) is 65.9 cm³/mol. The normalized spacial score (nSPS) is 42.0. The lowest BCUT2D eigenvalue weighted by Crippen LogP contribution is -2.35. The average molecular weight is 209 g/mol. The minimum Gasteiger partial charge on any atom is -0.314 e. The molecule has 2 unspecified atom stereocenters. The molecule has 1 N–H and O–H groups in total. The number of hydrogen-bond acceptors (Lipinski definition) is 1. The molecular formula is C14H27N. The van der Waals surface area contributed by atoms with Crippen LogP contribution < -0.4 is 5.32 Å².